The predicted octanol–water partition coefficient (Wildman–Crippen LogP) is 5.78. The number of hydrogen-bond donors (Lipinski definition) is 0. The molecule has 0 heterocycles. The van der Waals surface area contributed by atoms with E-state index in [9.17, 15) is 0 Å². The van der Waals surface area contributed by atoms with Gasteiger partial charge in [0.25, 0.3) is 0 Å². The average molecular weight is 357 g/mol. The Morgan fingerprint density at radius 2 is 1.13 bits per heavy atom. The molecule has 0 amide bonds. The van der Waals surface area contributed by atoms with E-state index in [-0.39, 0.29) is 11.6 Å². The zero-order chi connectivity index (χ0) is 11.8. The summed E-state index contributed by atoms with van der Waals surface area (Å²) in [4.78, 5) is 0. The summed E-state index contributed by atoms with van der Waals surface area (Å²) in [7, 11) is 0. The molecule has 0 bridgehead atoms. The first kappa shape index (κ1) is 18.8. The van der Waals surface area contributed by atoms with Gasteiger partial charge in [-0.1, -0.05) is 78.1 Å². The Bertz CT molecular complexity index is 79.7. The molecule has 0 spiro atoms. The third kappa shape index (κ3) is 25.6. The van der Waals surface area contributed by atoms with E-state index in [4.69, 9.17) is 0 Å². The largest absolute Gasteiger partial charge is 0.435 e. The van der Waals surface area contributed by atoms with E-state index >= 15 is 0 Å². The highest BCUT2D eigenvalue weighted by molar-refractivity contribution is 9.47. The van der Waals surface area contributed by atoms with E-state index in [0.717, 1.165) is 6.42 Å². The minimum Gasteiger partial charge on any atom is -0.203 e. The molecule has 0 saturated carbocycles. The van der Waals surface area contributed by atoms with Crippen LogP contribution in [0, 0.1) is 6.92 Å². The van der Waals surface area contributed by atoms with Crippen LogP contribution in [0.3, 0.4) is 0 Å². The third-order valence-corrected chi connectivity index (χ3v) is 2.35. The number of unbranched alkanes of at least 4 members (excludes halogenated alkanes) is 9. The van der Waals surface area contributed by atoms with Crippen molar-refractivity contribution in [1.29, 1.82) is 0 Å². The number of hydrogen-bond acceptors (Lipinski definition) is 0. The van der Waals surface area contributed by atoms with Gasteiger partial charge in [0, 0.05) is 0 Å². The molecule has 0 rings (SSSR count). The predicted molar refractivity (Wildman–Crippen MR) is 82.2 cm³/mol. The summed E-state index contributed by atoms with van der Waals surface area (Å²) in [6.45, 7) is 6.12. The van der Waals surface area contributed by atoms with Crippen LogP contribution in [0.25, 0.3) is 0 Å². The van der Waals surface area contributed by atoms with Gasteiger partial charge in [0.15, 0.2) is 0 Å². The zero-order valence-corrected chi connectivity index (χ0v) is 14.8. The Morgan fingerprint density at radius 3 is 1.47 bits per heavy atom. The van der Waals surface area contributed by atoms with Gasteiger partial charge in [-0.05, 0) is 0 Å². The summed E-state index contributed by atoms with van der Waals surface area (Å²) in [6, 6.07) is 0. The maximum absolute atomic E-state index is 3.84. The van der Waals surface area contributed by atoms with E-state index in [1.54, 1.807) is 0 Å². The van der Waals surface area contributed by atoms with Gasteiger partial charge in [0.05, 0.1) is 0 Å². The lowest BCUT2D eigenvalue weighted by Gasteiger charge is -1.99. The minimum atomic E-state index is 0.0417. The summed E-state index contributed by atoms with van der Waals surface area (Å²) in [5, 5.41) is 0. The van der Waals surface area contributed by atoms with Crippen molar-refractivity contribution >= 4 is 39.7 Å². The fourth-order valence-corrected chi connectivity index (χ4v) is 1.49. The average Bonchev–Trinajstić information content (AvgIpc) is 2.23. The molecule has 0 atom stereocenters. The Balaban J connectivity index is 0. The molecule has 0 unspecified atom stereocenters. The van der Waals surface area contributed by atoms with Crippen molar-refractivity contribution in [2.45, 2.75) is 71.1 Å². The van der Waals surface area contributed by atoms with Gasteiger partial charge >= 0.3 is 11.6 Å². The van der Waals surface area contributed by atoms with Crippen LogP contribution in [0.1, 0.15) is 71.1 Å². The first-order valence-corrected chi connectivity index (χ1v) is 14.0. The molecule has 0 aromatic rings. The van der Waals surface area contributed by atoms with Crippen LogP contribution in [0.15, 0.2) is 0 Å². The summed E-state index contributed by atoms with van der Waals surface area (Å²) in [5.74, 6) is 0. The molecule has 15 heavy (non-hydrogen) atoms. The number of halogens is 2. The summed E-state index contributed by atoms with van der Waals surface area (Å²) in [6.07, 6.45) is 13.9. The second-order valence-electron chi connectivity index (χ2n) is 3.78. The van der Waals surface area contributed by atoms with Crippen LogP contribution >= 0.6 is 28.1 Å². The molecular formula is C12H26AlBr2. The summed E-state index contributed by atoms with van der Waals surface area (Å²) < 4.78 is 0. The Kier molecular flexibility index (Phi) is 26.2. The highest BCUT2D eigenvalue weighted by Gasteiger charge is 1.90. The molecule has 0 fully saturated rings. The normalized spacial score (nSPS) is 9.33. The van der Waals surface area contributed by atoms with Gasteiger partial charge in [-0.25, -0.2) is 28.1 Å². The van der Waals surface area contributed by atoms with Crippen LogP contribution in [-0.2, 0) is 0 Å². The molecule has 0 aromatic heterocycles. The smallest absolute Gasteiger partial charge is 0.203 e. The van der Waals surface area contributed by atoms with E-state index in [1.165, 1.54) is 57.8 Å². The van der Waals surface area contributed by atoms with Crippen LogP contribution < -0.4 is 0 Å². The summed E-state index contributed by atoms with van der Waals surface area (Å²) in [5.41, 5.74) is 0. The minimum absolute atomic E-state index is 0.0417. The second kappa shape index (κ2) is 20.9. The van der Waals surface area contributed by atoms with Crippen molar-refractivity contribution in [3.8, 4) is 0 Å². The van der Waals surface area contributed by atoms with Crippen molar-refractivity contribution in [1.82, 2.24) is 0 Å². The molecule has 1 radical (unpaired) electrons. The van der Waals surface area contributed by atoms with Gasteiger partial charge in [0.1, 0.15) is 0 Å². The molecule has 0 aliphatic heterocycles. The monoisotopic (exact) mass is 355 g/mol. The highest BCUT2D eigenvalue weighted by Crippen LogP contribution is 2.09. The van der Waals surface area contributed by atoms with Crippen molar-refractivity contribution < 1.29 is 0 Å². The lowest BCUT2D eigenvalue weighted by atomic mass is 10.1. The maximum atomic E-state index is 3.84. The summed E-state index contributed by atoms with van der Waals surface area (Å²) >= 11 is 6.44. The van der Waals surface area contributed by atoms with Crippen LogP contribution in [0.2, 0.25) is 0 Å². The van der Waals surface area contributed by atoms with E-state index in [1.807, 2.05) is 0 Å². The molecule has 91 valence electrons. The van der Waals surface area contributed by atoms with Crippen molar-refractivity contribution in [2.75, 3.05) is 0 Å². The molecule has 0 aromatic carbocycles. The maximum Gasteiger partial charge on any atom is 0.435 e. The first-order chi connectivity index (χ1) is 7.33. The molecule has 0 aliphatic carbocycles. The third-order valence-electron chi connectivity index (χ3n) is 2.35. The zero-order valence-electron chi connectivity index (χ0n) is 10.2. The van der Waals surface area contributed by atoms with Gasteiger partial charge in [0.2, 0.25) is 0 Å². The number of rotatable bonds is 9. The van der Waals surface area contributed by atoms with E-state index < -0.39 is 0 Å². The molecule has 0 saturated heterocycles. The topological polar surface area (TPSA) is 0 Å². The van der Waals surface area contributed by atoms with Crippen molar-refractivity contribution in [3.63, 3.8) is 0 Å². The fourth-order valence-electron chi connectivity index (χ4n) is 1.49. The van der Waals surface area contributed by atoms with E-state index in [2.05, 4.69) is 42.0 Å². The van der Waals surface area contributed by atoms with Crippen molar-refractivity contribution in [2.24, 2.45) is 0 Å². The van der Waals surface area contributed by atoms with Gasteiger partial charge in [-0.3, -0.25) is 0 Å². The van der Waals surface area contributed by atoms with Crippen LogP contribution in [0.4, 0.5) is 0 Å². The Labute approximate surface area is 117 Å². The Morgan fingerprint density at radius 1 is 0.800 bits per heavy atom. The van der Waals surface area contributed by atoms with Crippen molar-refractivity contribution in [3.05, 3.63) is 6.92 Å². The van der Waals surface area contributed by atoms with Gasteiger partial charge < -0.3 is 0 Å². The Hall–Kier alpha value is 1.49. The van der Waals surface area contributed by atoms with Gasteiger partial charge in [-0.2, -0.15) is 0 Å². The van der Waals surface area contributed by atoms with E-state index in [0.29, 0.717) is 0 Å². The molecule has 0 N–H and O–H groups in total. The van der Waals surface area contributed by atoms with Crippen LogP contribution in [-0.4, -0.2) is 11.6 Å². The standard InChI is InChI=1S/C12H25.Al.2BrH.H/c1-3-5-7-9-11-12-10-8-6-4-2;;;;/h1,3-12H2,2H3;;2*1H;/q;+2;;;/p-2. The second-order valence-corrected chi connectivity index (χ2v) is 11.9. The highest BCUT2D eigenvalue weighted by atomic mass is 79.9. The lowest BCUT2D eigenvalue weighted by Crippen LogP contribution is -1.80. The van der Waals surface area contributed by atoms with Crippen LogP contribution in [0.5, 0.6) is 0 Å². The molecular weight excluding hydrogens is 331 g/mol. The molecule has 0 nitrogen and oxygen atoms in total. The fraction of sp³-hybridized carbons (Fsp3) is 0.917. The quantitative estimate of drug-likeness (QED) is 0.362. The lowest BCUT2D eigenvalue weighted by molar-refractivity contribution is 0.566. The SMILES string of the molecule is [Br][AlH][Br].[CH2]CCCCCCCCCCC. The molecule has 0 aliphatic rings. The first-order valence-electron chi connectivity index (χ1n) is 6.24. The van der Waals surface area contributed by atoms with Gasteiger partial charge in [-0.15, -0.1) is 0 Å². The molecule has 3 heteroatoms.